The monoisotopic (exact) mass is 445 g/mol. The van der Waals surface area contributed by atoms with Gasteiger partial charge < -0.3 is 28.7 Å². The lowest BCUT2D eigenvalue weighted by atomic mass is 9.75. The van der Waals surface area contributed by atoms with E-state index >= 15 is 0 Å². The Morgan fingerprint density at radius 1 is 1.09 bits per heavy atom. The van der Waals surface area contributed by atoms with Gasteiger partial charge in [-0.3, -0.25) is 4.79 Å². The molecule has 0 bridgehead atoms. The van der Waals surface area contributed by atoms with Crippen LogP contribution >= 0.6 is 0 Å². The van der Waals surface area contributed by atoms with Crippen molar-refractivity contribution in [2.75, 3.05) is 41.7 Å². The fraction of sp³-hybridized carbons (Fsp3) is 0.500. The molecule has 2 aromatic rings. The Hall–Kier alpha value is -3.00. The van der Waals surface area contributed by atoms with Crippen molar-refractivity contribution < 1.29 is 28.5 Å². The first-order chi connectivity index (χ1) is 15.4. The summed E-state index contributed by atoms with van der Waals surface area (Å²) in [5.74, 6) is 0.985. The smallest absolute Gasteiger partial charge is 0.347 e. The van der Waals surface area contributed by atoms with E-state index in [-0.39, 0.29) is 23.1 Å². The molecule has 8 nitrogen and oxygen atoms in total. The highest BCUT2D eigenvalue weighted by molar-refractivity contribution is 5.94. The van der Waals surface area contributed by atoms with E-state index in [1.807, 2.05) is 12.1 Å². The predicted octanol–water partition coefficient (Wildman–Crippen LogP) is 3.56. The molecule has 1 N–H and O–H groups in total. The van der Waals surface area contributed by atoms with Crippen LogP contribution in [0.4, 0.5) is 0 Å². The van der Waals surface area contributed by atoms with Gasteiger partial charge in [0.1, 0.15) is 5.75 Å². The molecule has 0 saturated carbocycles. The Morgan fingerprint density at radius 2 is 1.84 bits per heavy atom. The third-order valence-corrected chi connectivity index (χ3v) is 5.82. The molecule has 1 aromatic carbocycles. The first-order valence-corrected chi connectivity index (χ1v) is 10.6. The van der Waals surface area contributed by atoms with E-state index < -0.39 is 11.5 Å². The van der Waals surface area contributed by atoms with Crippen molar-refractivity contribution in [3.05, 3.63) is 39.2 Å². The van der Waals surface area contributed by atoms with Crippen LogP contribution in [0.5, 0.6) is 17.2 Å². The van der Waals surface area contributed by atoms with Gasteiger partial charge in [0.25, 0.3) is 5.56 Å². The minimum absolute atomic E-state index is 0.0162. The van der Waals surface area contributed by atoms with Crippen LogP contribution in [0.25, 0.3) is 11.3 Å². The number of hydrogen-bond acceptors (Lipinski definition) is 7. The second-order valence-corrected chi connectivity index (χ2v) is 8.05. The van der Waals surface area contributed by atoms with Crippen molar-refractivity contribution in [1.29, 1.82) is 0 Å². The number of hydrogen-bond donors (Lipinski definition) is 1. The van der Waals surface area contributed by atoms with Crippen LogP contribution in [-0.4, -0.2) is 52.6 Å². The lowest BCUT2D eigenvalue weighted by molar-refractivity contribution is 0.0594. The Morgan fingerprint density at radius 3 is 2.44 bits per heavy atom. The lowest BCUT2D eigenvalue weighted by Gasteiger charge is -2.32. The standard InChI is InChI=1S/C24H31NO7/c1-13(2)15-10-14-11-18(32-9-7-8-28-3)17(29-4)12-16(14)21-19(15)22(30-5)20(23(26)25-21)24(27)31-6/h11-13,15H,7-10H2,1-6H3,(H,25,26). The first kappa shape index (κ1) is 23.7. The predicted molar refractivity (Wildman–Crippen MR) is 120 cm³/mol. The Kier molecular flexibility index (Phi) is 7.45. The topological polar surface area (TPSA) is 96.1 Å². The van der Waals surface area contributed by atoms with Gasteiger partial charge in [0.05, 0.1) is 33.6 Å². The summed E-state index contributed by atoms with van der Waals surface area (Å²) >= 11 is 0. The number of esters is 1. The molecule has 1 unspecified atom stereocenters. The Balaban J connectivity index is 2.21. The van der Waals surface area contributed by atoms with E-state index in [9.17, 15) is 9.59 Å². The molecule has 1 atom stereocenters. The number of pyridine rings is 1. The number of rotatable bonds is 9. The molecule has 3 rings (SSSR count). The van der Waals surface area contributed by atoms with Crippen LogP contribution in [0.2, 0.25) is 0 Å². The van der Waals surface area contributed by atoms with Crippen molar-refractivity contribution in [3.63, 3.8) is 0 Å². The molecule has 0 aliphatic heterocycles. The van der Waals surface area contributed by atoms with Gasteiger partial charge in [0, 0.05) is 31.3 Å². The van der Waals surface area contributed by atoms with Crippen molar-refractivity contribution >= 4 is 5.97 Å². The summed E-state index contributed by atoms with van der Waals surface area (Å²) < 4.78 is 27.1. The maximum atomic E-state index is 12.9. The normalized spacial score (nSPS) is 14.5. The van der Waals surface area contributed by atoms with Gasteiger partial charge in [-0.15, -0.1) is 0 Å². The van der Waals surface area contributed by atoms with Gasteiger partial charge in [0.2, 0.25) is 0 Å². The molecule has 0 radical (unpaired) electrons. The molecule has 1 aromatic heterocycles. The van der Waals surface area contributed by atoms with Gasteiger partial charge >= 0.3 is 5.97 Å². The van der Waals surface area contributed by atoms with Gasteiger partial charge in [-0.05, 0) is 36.0 Å². The van der Waals surface area contributed by atoms with Gasteiger partial charge in [-0.1, -0.05) is 13.8 Å². The van der Waals surface area contributed by atoms with Crippen LogP contribution in [-0.2, 0) is 15.9 Å². The number of aromatic amines is 1. The Bertz CT molecular complexity index is 1040. The highest BCUT2D eigenvalue weighted by Crippen LogP contribution is 2.48. The second-order valence-electron chi connectivity index (χ2n) is 8.05. The zero-order valence-corrected chi connectivity index (χ0v) is 19.5. The highest BCUT2D eigenvalue weighted by atomic mass is 16.5. The number of carbonyl (C=O) groups excluding carboxylic acids is 1. The Labute approximate surface area is 187 Å². The summed E-state index contributed by atoms with van der Waals surface area (Å²) in [6.07, 6.45) is 1.45. The highest BCUT2D eigenvalue weighted by Gasteiger charge is 2.35. The summed E-state index contributed by atoms with van der Waals surface area (Å²) in [5.41, 5.74) is 2.61. The average Bonchev–Trinajstić information content (AvgIpc) is 2.79. The van der Waals surface area contributed by atoms with Crippen molar-refractivity contribution in [2.45, 2.75) is 32.6 Å². The first-order valence-electron chi connectivity index (χ1n) is 10.6. The molecule has 1 aliphatic rings. The summed E-state index contributed by atoms with van der Waals surface area (Å²) in [4.78, 5) is 28.1. The SMILES string of the molecule is COCCCOc1cc2c(cc1OC)-c1[nH]c(=O)c(C(=O)OC)c(OC)c1C(C(C)C)C2. The van der Waals surface area contributed by atoms with Gasteiger partial charge in [0.15, 0.2) is 17.1 Å². The maximum absolute atomic E-state index is 12.9. The number of ether oxygens (including phenoxy) is 5. The van der Waals surface area contributed by atoms with Gasteiger partial charge in [-0.2, -0.15) is 0 Å². The molecule has 0 fully saturated rings. The van der Waals surface area contributed by atoms with Crippen molar-refractivity contribution in [1.82, 2.24) is 4.98 Å². The maximum Gasteiger partial charge on any atom is 0.347 e. The summed E-state index contributed by atoms with van der Waals surface area (Å²) in [5, 5.41) is 0. The number of fused-ring (bicyclic) bond motifs is 3. The molecular weight excluding hydrogens is 414 g/mol. The molecule has 1 aliphatic carbocycles. The van der Waals surface area contributed by atoms with Crippen LogP contribution in [0.3, 0.4) is 0 Å². The quantitative estimate of drug-likeness (QED) is 0.466. The van der Waals surface area contributed by atoms with Crippen LogP contribution < -0.4 is 19.8 Å². The molecule has 32 heavy (non-hydrogen) atoms. The number of H-pyrrole nitrogens is 1. The molecular formula is C24H31NO7. The lowest BCUT2D eigenvalue weighted by Crippen LogP contribution is -2.27. The minimum Gasteiger partial charge on any atom is -0.495 e. The molecule has 1 heterocycles. The molecule has 0 saturated heterocycles. The molecule has 0 amide bonds. The van der Waals surface area contributed by atoms with Crippen molar-refractivity contribution in [3.8, 4) is 28.5 Å². The zero-order valence-electron chi connectivity index (χ0n) is 19.5. The zero-order chi connectivity index (χ0) is 23.4. The van der Waals surface area contributed by atoms with E-state index in [0.717, 1.165) is 23.1 Å². The molecule has 0 spiro atoms. The third-order valence-electron chi connectivity index (χ3n) is 5.82. The summed E-state index contributed by atoms with van der Waals surface area (Å²) in [7, 11) is 5.94. The van der Waals surface area contributed by atoms with E-state index in [4.69, 9.17) is 23.7 Å². The average molecular weight is 446 g/mol. The summed E-state index contributed by atoms with van der Waals surface area (Å²) in [6, 6.07) is 3.84. The van der Waals surface area contributed by atoms with E-state index in [1.165, 1.54) is 14.2 Å². The number of carbonyl (C=O) groups is 1. The fourth-order valence-electron chi connectivity index (χ4n) is 4.23. The minimum atomic E-state index is -0.725. The van der Waals surface area contributed by atoms with Crippen LogP contribution in [0.1, 0.15) is 47.7 Å². The number of methoxy groups -OCH3 is 4. The summed E-state index contributed by atoms with van der Waals surface area (Å²) in [6.45, 7) is 5.32. The van der Waals surface area contributed by atoms with E-state index in [1.54, 1.807) is 14.2 Å². The molecule has 174 valence electrons. The third kappa shape index (κ3) is 4.32. The number of nitrogens with one attached hydrogen (secondary N) is 1. The molecule has 8 heteroatoms. The van der Waals surface area contributed by atoms with E-state index in [2.05, 4.69) is 18.8 Å². The fourth-order valence-corrected chi connectivity index (χ4v) is 4.23. The van der Waals surface area contributed by atoms with Crippen LogP contribution in [0.15, 0.2) is 16.9 Å². The van der Waals surface area contributed by atoms with E-state index in [0.29, 0.717) is 36.8 Å². The van der Waals surface area contributed by atoms with Crippen molar-refractivity contribution in [2.24, 2.45) is 5.92 Å². The number of benzene rings is 1. The number of aromatic nitrogens is 1. The van der Waals surface area contributed by atoms with Gasteiger partial charge in [-0.25, -0.2) is 4.79 Å². The van der Waals surface area contributed by atoms with Crippen LogP contribution in [0, 0.1) is 5.92 Å². The largest absolute Gasteiger partial charge is 0.495 e. The second kappa shape index (κ2) is 10.1.